The molecule has 1 aliphatic heterocycles. The number of ether oxygens (including phenoxy) is 2. The van der Waals surface area contributed by atoms with E-state index in [2.05, 4.69) is 71.1 Å². The molecule has 1 heterocycles. The summed E-state index contributed by atoms with van der Waals surface area (Å²) in [5.74, 6) is 1.23. The lowest BCUT2D eigenvalue weighted by molar-refractivity contribution is -0.0390. The van der Waals surface area contributed by atoms with Crippen LogP contribution >= 0.6 is 24.0 Å². The lowest BCUT2D eigenvalue weighted by Gasteiger charge is -2.22. The van der Waals surface area contributed by atoms with Gasteiger partial charge in [-0.25, -0.2) is 0 Å². The fourth-order valence-corrected chi connectivity index (χ4v) is 3.44. The van der Waals surface area contributed by atoms with Crippen LogP contribution < -0.4 is 10.6 Å². The molecule has 0 amide bonds. The van der Waals surface area contributed by atoms with Gasteiger partial charge in [-0.3, -0.25) is 4.99 Å². The zero-order chi connectivity index (χ0) is 20.3. The summed E-state index contributed by atoms with van der Waals surface area (Å²) < 4.78 is 11.4. The zero-order valence-electron chi connectivity index (χ0n) is 18.0. The van der Waals surface area contributed by atoms with Crippen molar-refractivity contribution in [3.8, 4) is 0 Å². The molecule has 1 fully saturated rings. The topological polar surface area (TPSA) is 54.9 Å². The summed E-state index contributed by atoms with van der Waals surface area (Å²) in [4.78, 5) is 4.35. The fourth-order valence-electron chi connectivity index (χ4n) is 3.44. The molecule has 0 aromatic heterocycles. The van der Waals surface area contributed by atoms with Gasteiger partial charge >= 0.3 is 0 Å². The third kappa shape index (κ3) is 8.24. The molecule has 0 aliphatic carbocycles. The van der Waals surface area contributed by atoms with Gasteiger partial charge in [0.1, 0.15) is 0 Å². The van der Waals surface area contributed by atoms with Crippen LogP contribution in [0.1, 0.15) is 42.4 Å². The first kappa shape index (κ1) is 24.6. The quantitative estimate of drug-likeness (QED) is 0.305. The number of hydrogen-bond donors (Lipinski definition) is 2. The molecule has 164 valence electrons. The predicted molar refractivity (Wildman–Crippen MR) is 134 cm³/mol. The van der Waals surface area contributed by atoms with Crippen molar-refractivity contribution in [1.29, 1.82) is 0 Å². The predicted octanol–water partition coefficient (Wildman–Crippen LogP) is 4.47. The van der Waals surface area contributed by atoms with Crippen molar-refractivity contribution in [1.82, 2.24) is 10.6 Å². The highest BCUT2D eigenvalue weighted by Gasteiger charge is 2.14. The number of benzene rings is 2. The van der Waals surface area contributed by atoms with Gasteiger partial charge in [0.05, 0.1) is 12.7 Å². The molecule has 0 radical (unpaired) electrons. The van der Waals surface area contributed by atoms with Gasteiger partial charge in [-0.1, -0.05) is 61.5 Å². The molecule has 6 heteroatoms. The van der Waals surface area contributed by atoms with Crippen molar-refractivity contribution in [2.45, 2.75) is 44.9 Å². The van der Waals surface area contributed by atoms with E-state index >= 15 is 0 Å². The maximum absolute atomic E-state index is 6.04. The fraction of sp³-hybridized carbons (Fsp3) is 0.458. The van der Waals surface area contributed by atoms with Gasteiger partial charge in [0, 0.05) is 33.4 Å². The minimum atomic E-state index is 0. The summed E-state index contributed by atoms with van der Waals surface area (Å²) in [6.45, 7) is 6.05. The molecule has 0 spiro atoms. The maximum Gasteiger partial charge on any atom is 0.191 e. The second-order valence-corrected chi connectivity index (χ2v) is 7.56. The van der Waals surface area contributed by atoms with Crippen molar-refractivity contribution in [3.63, 3.8) is 0 Å². The molecule has 1 atom stereocenters. The molecule has 1 aliphatic rings. The highest BCUT2D eigenvalue weighted by Crippen LogP contribution is 2.15. The Morgan fingerprint density at radius 1 is 1.07 bits per heavy atom. The van der Waals surface area contributed by atoms with E-state index in [9.17, 15) is 0 Å². The third-order valence-corrected chi connectivity index (χ3v) is 5.27. The summed E-state index contributed by atoms with van der Waals surface area (Å²) in [5.41, 5.74) is 3.75. The minimum absolute atomic E-state index is 0. The number of nitrogens with zero attached hydrogens (tertiary/aromatic N) is 1. The number of guanidine groups is 1. The van der Waals surface area contributed by atoms with Gasteiger partial charge in [0.15, 0.2) is 5.96 Å². The Labute approximate surface area is 197 Å². The van der Waals surface area contributed by atoms with Gasteiger partial charge in [-0.2, -0.15) is 0 Å². The second kappa shape index (κ2) is 13.6. The third-order valence-electron chi connectivity index (χ3n) is 5.27. The SMILES string of the molecule is CN=C(NCc1cccc(COC2CCOCC2)c1)NCC(C)c1ccccc1.I. The summed E-state index contributed by atoms with van der Waals surface area (Å²) in [5, 5.41) is 6.83. The van der Waals surface area contributed by atoms with E-state index in [1.165, 1.54) is 16.7 Å². The highest BCUT2D eigenvalue weighted by molar-refractivity contribution is 14.0. The van der Waals surface area contributed by atoms with Crippen LogP contribution in [-0.2, 0) is 22.6 Å². The first-order chi connectivity index (χ1) is 14.2. The Morgan fingerprint density at radius 3 is 2.53 bits per heavy atom. The minimum Gasteiger partial charge on any atom is -0.381 e. The lowest BCUT2D eigenvalue weighted by atomic mass is 10.0. The van der Waals surface area contributed by atoms with Crippen LogP contribution in [0.3, 0.4) is 0 Å². The molecule has 2 aromatic rings. The Balaban J connectivity index is 0.00000320. The van der Waals surface area contributed by atoms with Crippen LogP contribution in [0.4, 0.5) is 0 Å². The number of nitrogens with one attached hydrogen (secondary N) is 2. The number of rotatable bonds is 8. The lowest BCUT2D eigenvalue weighted by Crippen LogP contribution is -2.38. The molecule has 3 rings (SSSR count). The van der Waals surface area contributed by atoms with Crippen LogP contribution in [0, 0.1) is 0 Å². The monoisotopic (exact) mass is 523 g/mol. The van der Waals surface area contributed by atoms with Crippen LogP contribution in [-0.4, -0.2) is 38.9 Å². The largest absolute Gasteiger partial charge is 0.381 e. The van der Waals surface area contributed by atoms with Gasteiger partial charge in [-0.15, -0.1) is 24.0 Å². The first-order valence-electron chi connectivity index (χ1n) is 10.5. The van der Waals surface area contributed by atoms with Gasteiger partial charge < -0.3 is 20.1 Å². The van der Waals surface area contributed by atoms with Crippen molar-refractivity contribution >= 4 is 29.9 Å². The number of hydrogen-bond acceptors (Lipinski definition) is 3. The molecule has 0 bridgehead atoms. The molecule has 1 saturated heterocycles. The summed E-state index contributed by atoms with van der Waals surface area (Å²) >= 11 is 0. The van der Waals surface area contributed by atoms with E-state index in [1.807, 2.05) is 6.07 Å². The average molecular weight is 523 g/mol. The van der Waals surface area contributed by atoms with Gasteiger partial charge in [-0.05, 0) is 35.4 Å². The molecule has 1 unspecified atom stereocenters. The van der Waals surface area contributed by atoms with E-state index in [-0.39, 0.29) is 24.0 Å². The first-order valence-corrected chi connectivity index (χ1v) is 10.5. The number of halogens is 1. The Morgan fingerprint density at radius 2 is 1.80 bits per heavy atom. The second-order valence-electron chi connectivity index (χ2n) is 7.56. The zero-order valence-corrected chi connectivity index (χ0v) is 20.3. The van der Waals surface area contributed by atoms with Crippen LogP contribution in [0.25, 0.3) is 0 Å². The van der Waals surface area contributed by atoms with E-state index in [1.54, 1.807) is 7.05 Å². The van der Waals surface area contributed by atoms with Crippen LogP contribution in [0.2, 0.25) is 0 Å². The average Bonchev–Trinajstić information content (AvgIpc) is 2.79. The van der Waals surface area contributed by atoms with E-state index in [0.29, 0.717) is 18.6 Å². The van der Waals surface area contributed by atoms with Crippen LogP contribution in [0.5, 0.6) is 0 Å². The molecular weight excluding hydrogens is 489 g/mol. The Bertz CT molecular complexity index is 764. The Hall–Kier alpha value is -1.64. The molecule has 0 saturated carbocycles. The highest BCUT2D eigenvalue weighted by atomic mass is 127. The number of aliphatic imine (C=N–C) groups is 1. The van der Waals surface area contributed by atoms with Crippen molar-refractivity contribution < 1.29 is 9.47 Å². The molecule has 5 nitrogen and oxygen atoms in total. The van der Waals surface area contributed by atoms with Crippen molar-refractivity contribution in [2.75, 3.05) is 26.8 Å². The molecule has 30 heavy (non-hydrogen) atoms. The van der Waals surface area contributed by atoms with Gasteiger partial charge in [0.25, 0.3) is 0 Å². The standard InChI is InChI=1S/C24H33N3O2.HI/c1-19(22-9-4-3-5-10-22)16-26-24(25-2)27-17-20-7-6-8-21(15-20)18-29-23-11-13-28-14-12-23;/h3-10,15,19,23H,11-14,16-18H2,1-2H3,(H2,25,26,27);1H. The summed E-state index contributed by atoms with van der Waals surface area (Å²) in [7, 11) is 1.81. The maximum atomic E-state index is 6.04. The normalized spacial score (nSPS) is 15.9. The smallest absolute Gasteiger partial charge is 0.191 e. The van der Waals surface area contributed by atoms with Crippen molar-refractivity contribution in [2.24, 2.45) is 4.99 Å². The summed E-state index contributed by atoms with van der Waals surface area (Å²) in [6, 6.07) is 19.1. The van der Waals surface area contributed by atoms with E-state index < -0.39 is 0 Å². The summed E-state index contributed by atoms with van der Waals surface area (Å²) in [6.07, 6.45) is 2.30. The van der Waals surface area contributed by atoms with Crippen molar-refractivity contribution in [3.05, 3.63) is 71.3 Å². The van der Waals surface area contributed by atoms with E-state index in [0.717, 1.165) is 45.1 Å². The Kier molecular flexibility index (Phi) is 11.2. The van der Waals surface area contributed by atoms with Crippen LogP contribution in [0.15, 0.2) is 59.6 Å². The van der Waals surface area contributed by atoms with E-state index in [4.69, 9.17) is 9.47 Å². The molecule has 2 aromatic carbocycles. The molecular formula is C24H34IN3O2. The molecule has 2 N–H and O–H groups in total. The van der Waals surface area contributed by atoms with Gasteiger partial charge in [0.2, 0.25) is 0 Å².